The Bertz CT molecular complexity index is 621. The average molecular weight is 327 g/mol. The van der Waals surface area contributed by atoms with Gasteiger partial charge in [-0.15, -0.1) is 10.2 Å². The molecule has 1 aromatic carbocycles. The summed E-state index contributed by atoms with van der Waals surface area (Å²) in [4.78, 5) is 12.1. The molecule has 112 valence electrons. The largest absolute Gasteiger partial charge is 0.478 e. The number of para-hydroxylation sites is 1. The van der Waals surface area contributed by atoms with Crippen LogP contribution in [0.3, 0.4) is 0 Å². The third-order valence-corrected chi connectivity index (χ3v) is 4.39. The third kappa shape index (κ3) is 4.15. The highest BCUT2D eigenvalue weighted by Gasteiger charge is 2.21. The van der Waals surface area contributed by atoms with Gasteiger partial charge < -0.3 is 4.74 Å². The van der Waals surface area contributed by atoms with Crippen molar-refractivity contribution in [3.63, 3.8) is 0 Å². The van der Waals surface area contributed by atoms with E-state index in [9.17, 15) is 9.18 Å². The van der Waals surface area contributed by atoms with Crippen LogP contribution in [0.2, 0.25) is 0 Å². The van der Waals surface area contributed by atoms with Crippen LogP contribution >= 0.6 is 23.1 Å². The molecule has 1 heterocycles. The van der Waals surface area contributed by atoms with Gasteiger partial charge in [0.05, 0.1) is 0 Å². The summed E-state index contributed by atoms with van der Waals surface area (Å²) in [6, 6.07) is 5.99. The first kappa shape index (κ1) is 15.7. The van der Waals surface area contributed by atoms with Crippen molar-refractivity contribution in [1.82, 2.24) is 10.2 Å². The van der Waals surface area contributed by atoms with Gasteiger partial charge in [0.15, 0.2) is 22.0 Å². The molecule has 0 bridgehead atoms. The zero-order valence-electron chi connectivity index (χ0n) is 11.5. The van der Waals surface area contributed by atoms with E-state index in [-0.39, 0.29) is 11.7 Å². The molecule has 2 aromatic rings. The topological polar surface area (TPSA) is 64.1 Å². The molecule has 2 rings (SSSR count). The number of nitrogens with one attached hydrogen (secondary N) is 1. The van der Waals surface area contributed by atoms with Gasteiger partial charge >= 0.3 is 0 Å². The van der Waals surface area contributed by atoms with E-state index in [0.29, 0.717) is 11.6 Å². The monoisotopic (exact) mass is 327 g/mol. The van der Waals surface area contributed by atoms with Crippen LogP contribution in [0.15, 0.2) is 28.6 Å². The Morgan fingerprint density at radius 1 is 1.48 bits per heavy atom. The lowest BCUT2D eigenvalue weighted by atomic mass is 10.2. The number of halogens is 1. The normalized spacial score (nSPS) is 12.0. The Morgan fingerprint density at radius 3 is 2.86 bits per heavy atom. The fourth-order valence-corrected chi connectivity index (χ4v) is 2.72. The molecule has 21 heavy (non-hydrogen) atoms. The van der Waals surface area contributed by atoms with E-state index in [1.54, 1.807) is 19.1 Å². The van der Waals surface area contributed by atoms with Crippen molar-refractivity contribution in [2.24, 2.45) is 0 Å². The van der Waals surface area contributed by atoms with Crippen molar-refractivity contribution in [3.8, 4) is 5.75 Å². The number of carbonyl (C=O) groups excluding carboxylic acids is 1. The summed E-state index contributed by atoms with van der Waals surface area (Å²) in [7, 11) is 0. The van der Waals surface area contributed by atoms with Crippen LogP contribution in [0.25, 0.3) is 0 Å². The SMILES string of the molecule is CC[C@@H](Oc1ccccc1F)C(=O)Nc1nnc(SC)s1. The molecule has 5 nitrogen and oxygen atoms in total. The van der Waals surface area contributed by atoms with Crippen LogP contribution in [-0.2, 0) is 4.79 Å². The fraction of sp³-hybridized carbons (Fsp3) is 0.308. The van der Waals surface area contributed by atoms with Crippen LogP contribution in [0, 0.1) is 5.82 Å². The Labute approximate surface area is 129 Å². The summed E-state index contributed by atoms with van der Waals surface area (Å²) in [5.74, 6) is -0.810. The number of hydrogen-bond donors (Lipinski definition) is 1. The van der Waals surface area contributed by atoms with Gasteiger partial charge in [0.25, 0.3) is 5.91 Å². The number of anilines is 1. The molecule has 1 N–H and O–H groups in total. The van der Waals surface area contributed by atoms with Crippen molar-refractivity contribution < 1.29 is 13.9 Å². The van der Waals surface area contributed by atoms with E-state index >= 15 is 0 Å². The highest BCUT2D eigenvalue weighted by atomic mass is 32.2. The van der Waals surface area contributed by atoms with E-state index in [1.807, 2.05) is 6.26 Å². The number of thioether (sulfide) groups is 1. The highest BCUT2D eigenvalue weighted by Crippen LogP contribution is 2.24. The van der Waals surface area contributed by atoms with Crippen LogP contribution in [0.5, 0.6) is 5.75 Å². The van der Waals surface area contributed by atoms with Gasteiger partial charge in [0.1, 0.15) is 0 Å². The molecule has 0 aliphatic carbocycles. The summed E-state index contributed by atoms with van der Waals surface area (Å²) >= 11 is 2.73. The molecule has 1 amide bonds. The van der Waals surface area contributed by atoms with Gasteiger partial charge in [-0.25, -0.2) is 4.39 Å². The molecule has 0 saturated carbocycles. The first-order chi connectivity index (χ1) is 10.1. The Hall–Kier alpha value is -1.67. The van der Waals surface area contributed by atoms with Gasteiger partial charge in [-0.05, 0) is 24.8 Å². The standard InChI is InChI=1S/C13H14FN3O2S2/c1-3-9(19-10-7-5-4-6-8(10)14)11(18)15-12-16-17-13(20-2)21-12/h4-7,9H,3H2,1-2H3,(H,15,16,18)/t9-/m1/s1. The summed E-state index contributed by atoms with van der Waals surface area (Å²) in [6.07, 6.45) is 1.50. The van der Waals surface area contributed by atoms with E-state index in [2.05, 4.69) is 15.5 Å². The Balaban J connectivity index is 2.03. The summed E-state index contributed by atoms with van der Waals surface area (Å²) in [5, 5.41) is 10.8. The maximum absolute atomic E-state index is 13.5. The van der Waals surface area contributed by atoms with Crippen molar-refractivity contribution in [1.29, 1.82) is 0 Å². The predicted octanol–water partition coefficient (Wildman–Crippen LogP) is 3.20. The zero-order valence-corrected chi connectivity index (χ0v) is 13.1. The third-order valence-electron chi connectivity index (χ3n) is 2.58. The Kier molecular flexibility index (Phi) is 5.51. The lowest BCUT2D eigenvalue weighted by Gasteiger charge is -2.16. The molecule has 1 aromatic heterocycles. The highest BCUT2D eigenvalue weighted by molar-refractivity contribution is 8.00. The number of aromatic nitrogens is 2. The van der Waals surface area contributed by atoms with Gasteiger partial charge in [-0.1, -0.05) is 42.2 Å². The second-order valence-electron chi connectivity index (χ2n) is 4.01. The zero-order chi connectivity index (χ0) is 15.2. The van der Waals surface area contributed by atoms with Gasteiger partial charge in [-0.3, -0.25) is 10.1 Å². The maximum atomic E-state index is 13.5. The molecule has 8 heteroatoms. The maximum Gasteiger partial charge on any atom is 0.267 e. The van der Waals surface area contributed by atoms with Gasteiger partial charge in [0.2, 0.25) is 5.13 Å². The van der Waals surface area contributed by atoms with Crippen LogP contribution < -0.4 is 10.1 Å². The smallest absolute Gasteiger partial charge is 0.267 e. The molecule has 1 atom stereocenters. The molecular weight excluding hydrogens is 313 g/mol. The van der Waals surface area contributed by atoms with Crippen molar-refractivity contribution >= 4 is 34.1 Å². The molecular formula is C13H14FN3O2S2. The number of benzene rings is 1. The quantitative estimate of drug-likeness (QED) is 0.652. The fourth-order valence-electron chi connectivity index (χ4n) is 1.54. The minimum absolute atomic E-state index is 0.0570. The summed E-state index contributed by atoms with van der Waals surface area (Å²) in [5.41, 5.74) is 0. The lowest BCUT2D eigenvalue weighted by Crippen LogP contribution is -2.32. The van der Waals surface area contributed by atoms with E-state index in [0.717, 1.165) is 4.34 Å². The molecule has 0 radical (unpaired) electrons. The Morgan fingerprint density at radius 2 is 2.24 bits per heavy atom. The number of carbonyl (C=O) groups is 1. The summed E-state index contributed by atoms with van der Waals surface area (Å²) in [6.45, 7) is 1.79. The lowest BCUT2D eigenvalue weighted by molar-refractivity contribution is -0.122. The minimum Gasteiger partial charge on any atom is -0.478 e. The van der Waals surface area contributed by atoms with Gasteiger partial charge in [-0.2, -0.15) is 0 Å². The predicted molar refractivity (Wildman–Crippen MR) is 81.4 cm³/mol. The molecule has 0 spiro atoms. The second kappa shape index (κ2) is 7.37. The molecule has 0 aliphatic rings. The van der Waals surface area contributed by atoms with Crippen molar-refractivity contribution in [3.05, 3.63) is 30.1 Å². The number of nitrogens with zero attached hydrogens (tertiary/aromatic N) is 2. The second-order valence-corrected chi connectivity index (χ2v) is 6.04. The first-order valence-electron chi connectivity index (χ1n) is 6.23. The van der Waals surface area contributed by atoms with Crippen molar-refractivity contribution in [2.75, 3.05) is 11.6 Å². The molecule has 0 unspecified atom stereocenters. The van der Waals surface area contributed by atoms with Crippen LogP contribution in [-0.4, -0.2) is 28.5 Å². The molecule has 0 aliphatic heterocycles. The number of hydrogen-bond acceptors (Lipinski definition) is 6. The van der Waals surface area contributed by atoms with Crippen molar-refractivity contribution in [2.45, 2.75) is 23.8 Å². The molecule has 0 saturated heterocycles. The molecule has 0 fully saturated rings. The minimum atomic E-state index is -0.788. The van der Waals surface area contributed by atoms with E-state index < -0.39 is 11.9 Å². The number of ether oxygens (including phenoxy) is 1. The first-order valence-corrected chi connectivity index (χ1v) is 8.27. The van der Waals surface area contributed by atoms with Crippen LogP contribution in [0.4, 0.5) is 9.52 Å². The number of rotatable bonds is 6. The number of amides is 1. The van der Waals surface area contributed by atoms with Crippen LogP contribution in [0.1, 0.15) is 13.3 Å². The summed E-state index contributed by atoms with van der Waals surface area (Å²) < 4.78 is 19.7. The van der Waals surface area contributed by atoms with Gasteiger partial charge in [0, 0.05) is 0 Å². The van der Waals surface area contributed by atoms with E-state index in [4.69, 9.17) is 4.74 Å². The average Bonchev–Trinajstić information content (AvgIpc) is 2.94. The van der Waals surface area contributed by atoms with E-state index in [1.165, 1.54) is 35.2 Å².